The van der Waals surface area contributed by atoms with Gasteiger partial charge in [0.1, 0.15) is 18.9 Å². The molecule has 0 spiro atoms. The average Bonchev–Trinajstić information content (AvgIpc) is 3.62. The van der Waals surface area contributed by atoms with Crippen molar-refractivity contribution >= 4 is 78.4 Å². The molecule has 1 amide bonds. The van der Waals surface area contributed by atoms with E-state index in [1.807, 2.05) is 0 Å². The highest BCUT2D eigenvalue weighted by Crippen LogP contribution is 2.90. The molecule has 230 valence electrons. The normalized spacial score (nSPS) is 26.6. The van der Waals surface area contributed by atoms with Crippen LogP contribution in [0.25, 0.3) is 11.2 Å². The number of fused-ring (bicyclic) bond motifs is 1. The van der Waals surface area contributed by atoms with E-state index in [2.05, 4.69) is 20.3 Å². The zero-order valence-corrected chi connectivity index (χ0v) is 27.8. The molecule has 21 heteroatoms. The van der Waals surface area contributed by atoms with E-state index < -0.39 is 43.9 Å². The van der Waals surface area contributed by atoms with Gasteiger partial charge in [0.2, 0.25) is 17.5 Å². The Kier molecular flexibility index (Phi) is 11.3. The van der Waals surface area contributed by atoms with Crippen LogP contribution >= 0.6 is 31.3 Å². The van der Waals surface area contributed by atoms with Crippen molar-refractivity contribution in [3.63, 3.8) is 0 Å². The van der Waals surface area contributed by atoms with Crippen LogP contribution in [0.15, 0.2) is 11.1 Å². The molecule has 3 N–H and O–H groups in total. The number of nitrogens with zero attached hydrogens (tertiary/aromatic N) is 3. The molecule has 2 unspecified atom stereocenters. The maximum Gasteiger partial charge on any atom is 0.406 e. The minimum Gasteiger partial charge on any atom is -0.598 e. The van der Waals surface area contributed by atoms with Crippen LogP contribution in [-0.2, 0) is 56.2 Å². The molecular formula is C20H32N5O10P3S3. The Balaban J connectivity index is 1.60. The number of hydrogen-bond acceptors (Lipinski definition) is 15. The minimum atomic E-state index is -4.14. The highest BCUT2D eigenvalue weighted by molar-refractivity contribution is 8.68. The van der Waals surface area contributed by atoms with Crippen molar-refractivity contribution in [2.24, 2.45) is 5.92 Å². The number of H-pyrrole nitrogens is 1. The molecule has 4 rings (SSSR count). The first kappa shape index (κ1) is 33.6. The molecule has 0 bridgehead atoms. The topological polar surface area (TPSA) is 191 Å². The number of anilines is 1. The second kappa shape index (κ2) is 13.8. The Hall–Kier alpha value is -0.290. The zero-order valence-electron chi connectivity index (χ0n) is 22.7. The highest BCUT2D eigenvalue weighted by atomic mass is 32.9. The average molecular weight is 692 g/mol. The van der Waals surface area contributed by atoms with Crippen LogP contribution in [0.2, 0.25) is 0 Å². The molecular weight excluding hydrogens is 659 g/mol. The van der Waals surface area contributed by atoms with Gasteiger partial charge in [-0.15, -0.1) is 0 Å². The van der Waals surface area contributed by atoms with Gasteiger partial charge in [-0.1, -0.05) is 25.2 Å². The molecule has 2 fully saturated rings. The van der Waals surface area contributed by atoms with E-state index in [0.29, 0.717) is 12.4 Å². The Morgan fingerprint density at radius 3 is 2.73 bits per heavy atom. The summed E-state index contributed by atoms with van der Waals surface area (Å²) >= 11 is 12.2. The van der Waals surface area contributed by atoms with Gasteiger partial charge in [0.25, 0.3) is 5.56 Å². The fourth-order valence-electron chi connectivity index (χ4n) is 3.90. The smallest absolute Gasteiger partial charge is 0.406 e. The van der Waals surface area contributed by atoms with Gasteiger partial charge in [-0.05, 0) is 25.7 Å². The summed E-state index contributed by atoms with van der Waals surface area (Å²) in [5, 5.41) is 2.58. The number of carbonyl (C=O) groups excluding carboxylic acids is 1. The molecule has 2 aromatic rings. The van der Waals surface area contributed by atoms with Gasteiger partial charge < -0.3 is 30.9 Å². The molecule has 0 aliphatic carbocycles. The minimum absolute atomic E-state index is 0.00964. The van der Waals surface area contributed by atoms with E-state index in [4.69, 9.17) is 51.4 Å². The Morgan fingerprint density at radius 1 is 1.41 bits per heavy atom. The van der Waals surface area contributed by atoms with Crippen LogP contribution in [0.1, 0.15) is 40.3 Å². The molecule has 2 aliphatic rings. The number of aromatic amines is 1. The van der Waals surface area contributed by atoms with Crippen LogP contribution in [0, 0.1) is 5.92 Å². The molecule has 4 heterocycles. The predicted molar refractivity (Wildman–Crippen MR) is 160 cm³/mol. The van der Waals surface area contributed by atoms with Crippen LogP contribution in [-0.4, -0.2) is 74.7 Å². The number of amides is 1. The molecule has 41 heavy (non-hydrogen) atoms. The lowest BCUT2D eigenvalue weighted by molar-refractivity contribution is -0.211. The summed E-state index contributed by atoms with van der Waals surface area (Å²) in [5.74, 6) is -0.0218. The van der Waals surface area contributed by atoms with Crippen molar-refractivity contribution in [1.82, 2.24) is 19.5 Å². The third-order valence-corrected chi connectivity index (χ3v) is 18.4. The fourth-order valence-corrected chi connectivity index (χ4v) is 13.3. The van der Waals surface area contributed by atoms with E-state index in [9.17, 15) is 19.4 Å². The summed E-state index contributed by atoms with van der Waals surface area (Å²) in [6, 6.07) is 0. The van der Waals surface area contributed by atoms with Gasteiger partial charge in [0, 0.05) is 18.1 Å². The quantitative estimate of drug-likeness (QED) is 0.205. The highest BCUT2D eigenvalue weighted by Gasteiger charge is 2.57. The van der Waals surface area contributed by atoms with E-state index in [1.165, 1.54) is 22.3 Å². The van der Waals surface area contributed by atoms with Gasteiger partial charge in [0.05, 0.1) is 32.3 Å². The lowest BCUT2D eigenvalue weighted by Crippen LogP contribution is -2.29. The molecule has 2 aliphatic heterocycles. The summed E-state index contributed by atoms with van der Waals surface area (Å²) in [7, 11) is -4.14. The monoisotopic (exact) mass is 691 g/mol. The van der Waals surface area contributed by atoms with Crippen molar-refractivity contribution in [3.05, 3.63) is 16.7 Å². The third kappa shape index (κ3) is 7.69. The first-order valence-corrected chi connectivity index (χ1v) is 21.8. The summed E-state index contributed by atoms with van der Waals surface area (Å²) in [4.78, 5) is 60.0. The fraction of sp³-hybridized carbons (Fsp3) is 0.700. The van der Waals surface area contributed by atoms with Crippen LogP contribution < -0.4 is 15.8 Å². The maximum atomic E-state index is 13.2. The van der Waals surface area contributed by atoms with Gasteiger partial charge in [-0.2, -0.15) is 18.6 Å². The number of aromatic nitrogens is 4. The van der Waals surface area contributed by atoms with Crippen molar-refractivity contribution in [1.29, 1.82) is 0 Å². The zero-order chi connectivity index (χ0) is 30.0. The number of imidazole rings is 1. The van der Waals surface area contributed by atoms with Crippen molar-refractivity contribution in [3.8, 4) is 0 Å². The molecule has 0 radical (unpaired) electrons. The number of ether oxygens (including phenoxy) is 1. The third-order valence-electron chi connectivity index (χ3n) is 5.84. The van der Waals surface area contributed by atoms with E-state index in [1.54, 1.807) is 27.7 Å². The van der Waals surface area contributed by atoms with Gasteiger partial charge in [-0.3, -0.25) is 24.5 Å². The molecule has 2 aromatic heterocycles. The van der Waals surface area contributed by atoms with E-state index in [-0.39, 0.29) is 55.2 Å². The van der Waals surface area contributed by atoms with Crippen molar-refractivity contribution in [2.75, 3.05) is 37.5 Å². The number of rotatable bonds is 13. The van der Waals surface area contributed by atoms with Crippen LogP contribution in [0.5, 0.6) is 0 Å². The van der Waals surface area contributed by atoms with E-state index in [0.717, 1.165) is 0 Å². The Labute approximate surface area is 251 Å². The lowest BCUT2D eigenvalue weighted by Gasteiger charge is -2.34. The van der Waals surface area contributed by atoms with Gasteiger partial charge in [-0.25, -0.2) is 9.88 Å². The SMILES string of the molecule is CCO[P+]([O-])(OCC)[P+](O)([S-])OC[C@H]1O[C@@H](n2cnc3c(=O)[nH]c(NC(=O)C(C)C)nc32)C[C@@H]1OP1(=S)OCCS1. The summed E-state index contributed by atoms with van der Waals surface area (Å²) in [6.07, 6.45) is -0.703. The van der Waals surface area contributed by atoms with Gasteiger partial charge in [0.15, 0.2) is 11.2 Å². The van der Waals surface area contributed by atoms with Gasteiger partial charge >= 0.3 is 14.2 Å². The number of hydrogen-bond donors (Lipinski definition) is 3. The Bertz CT molecular complexity index is 1330. The second-order valence-corrected chi connectivity index (χ2v) is 23.6. The van der Waals surface area contributed by atoms with Crippen LogP contribution in [0.3, 0.4) is 0 Å². The Morgan fingerprint density at radius 2 is 2.12 bits per heavy atom. The molecule has 2 saturated heterocycles. The maximum absolute atomic E-state index is 13.2. The molecule has 15 nitrogen and oxygen atoms in total. The molecule has 0 saturated carbocycles. The number of nitrogens with one attached hydrogen (secondary N) is 2. The summed E-state index contributed by atoms with van der Waals surface area (Å²) in [5.41, 5.74) is -3.03. The summed E-state index contributed by atoms with van der Waals surface area (Å²) in [6.45, 7) is 2.62. The van der Waals surface area contributed by atoms with Crippen molar-refractivity contribution in [2.45, 2.75) is 52.6 Å². The van der Waals surface area contributed by atoms with E-state index >= 15 is 0 Å². The summed E-state index contributed by atoms with van der Waals surface area (Å²) < 4.78 is 35.7. The molecule has 5 atom stereocenters. The first-order valence-electron chi connectivity index (χ1n) is 12.7. The number of carbonyl (C=O) groups is 1. The first-order chi connectivity index (χ1) is 19.3. The lowest BCUT2D eigenvalue weighted by atomic mass is 10.2. The predicted octanol–water partition coefficient (Wildman–Crippen LogP) is 2.80. The van der Waals surface area contributed by atoms with Crippen molar-refractivity contribution < 1.29 is 41.9 Å². The van der Waals surface area contributed by atoms with Crippen LogP contribution in [0.4, 0.5) is 5.95 Å². The second-order valence-electron chi connectivity index (χ2n) is 9.10. The molecule has 0 aromatic carbocycles. The standard InChI is InChI=1S/C20H32N5O10P3S3/c1-5-30-36(28,31-6-2)37(29,39)33-10-14-13(35-38(40)32-7-8-41-38)9-15(34-14)25-11-21-16-17(25)22-20(24-19(16)27)23-18(26)12(3)4/h11-15H,5-10H2,1-4H3,(H,29,39)(H2,22,23,24,26,27)/t13-,14+,15+,37?,38?/m0/s1. The largest absolute Gasteiger partial charge is 0.598 e.